The molecule has 1 aromatic heterocycles. The van der Waals surface area contributed by atoms with Crippen LogP contribution in [-0.4, -0.2) is 28.6 Å². The molecule has 116 valence electrons. The number of benzene rings is 1. The van der Waals surface area contributed by atoms with Crippen LogP contribution >= 0.6 is 11.3 Å². The molecule has 1 aliphatic rings. The smallest absolute Gasteiger partial charge is 0.320 e. The third kappa shape index (κ3) is 2.76. The van der Waals surface area contributed by atoms with Crippen molar-refractivity contribution in [3.05, 3.63) is 57.8 Å². The zero-order chi connectivity index (χ0) is 15.7. The number of hydrogen-bond acceptors (Lipinski definition) is 3. The number of carbonyl (C=O) groups is 1. The van der Waals surface area contributed by atoms with E-state index in [1.807, 2.05) is 16.8 Å². The summed E-state index contributed by atoms with van der Waals surface area (Å²) in [5.74, 6) is -2.19. The molecule has 0 radical (unpaired) electrons. The summed E-state index contributed by atoms with van der Waals surface area (Å²) >= 11 is 1.47. The molecule has 0 bridgehead atoms. The summed E-state index contributed by atoms with van der Waals surface area (Å²) in [5.41, 5.74) is 1.15. The topological polar surface area (TPSA) is 40.5 Å². The van der Waals surface area contributed by atoms with Crippen molar-refractivity contribution < 1.29 is 18.7 Å². The number of carboxylic acid groups (broad SMARTS) is 1. The number of nitrogens with zero attached hydrogens (tertiary/aromatic N) is 1. The molecule has 1 N–H and O–H groups in total. The van der Waals surface area contributed by atoms with Gasteiger partial charge in [-0.25, -0.2) is 8.78 Å². The van der Waals surface area contributed by atoms with E-state index in [0.29, 0.717) is 18.5 Å². The Morgan fingerprint density at radius 1 is 1.36 bits per heavy atom. The number of likely N-dealkylation sites (tertiary alicyclic amines) is 1. The monoisotopic (exact) mass is 323 g/mol. The van der Waals surface area contributed by atoms with Crippen molar-refractivity contribution >= 4 is 17.3 Å². The first-order chi connectivity index (χ1) is 10.6. The van der Waals surface area contributed by atoms with Gasteiger partial charge in [-0.1, -0.05) is 6.07 Å². The Balaban J connectivity index is 2.07. The van der Waals surface area contributed by atoms with Crippen LogP contribution in [0.4, 0.5) is 8.78 Å². The molecule has 3 nitrogen and oxygen atoms in total. The van der Waals surface area contributed by atoms with Gasteiger partial charge in [-0.05, 0) is 41.3 Å². The van der Waals surface area contributed by atoms with E-state index >= 15 is 0 Å². The highest BCUT2D eigenvalue weighted by Crippen LogP contribution is 2.37. The molecule has 2 atom stereocenters. The van der Waals surface area contributed by atoms with Crippen molar-refractivity contribution in [3.63, 3.8) is 0 Å². The highest BCUT2D eigenvalue weighted by atomic mass is 32.1. The first-order valence-electron chi connectivity index (χ1n) is 7.03. The van der Waals surface area contributed by atoms with Gasteiger partial charge >= 0.3 is 5.97 Å². The predicted molar refractivity (Wildman–Crippen MR) is 79.9 cm³/mol. The van der Waals surface area contributed by atoms with Crippen LogP contribution in [0.3, 0.4) is 0 Å². The minimum Gasteiger partial charge on any atom is -0.480 e. The molecule has 0 saturated carbocycles. The van der Waals surface area contributed by atoms with E-state index in [2.05, 4.69) is 0 Å². The van der Waals surface area contributed by atoms with Gasteiger partial charge in [0.1, 0.15) is 17.7 Å². The fourth-order valence-electron chi connectivity index (χ4n) is 3.07. The second-order valence-electron chi connectivity index (χ2n) is 5.36. The second kappa shape index (κ2) is 6.14. The van der Waals surface area contributed by atoms with Gasteiger partial charge in [0.15, 0.2) is 0 Å². The standard InChI is InChI=1S/C16H15F2NO2S/c17-11-3-4-12(13(18)8-11)15(10-5-7-22-9-10)19-6-1-2-14(19)16(20)21/h3-5,7-9,14-15H,1-2,6H2,(H,20,21). The van der Waals surface area contributed by atoms with Crippen LogP contribution in [0.5, 0.6) is 0 Å². The average molecular weight is 323 g/mol. The molecule has 0 amide bonds. The van der Waals surface area contributed by atoms with Gasteiger partial charge in [0.2, 0.25) is 0 Å². The lowest BCUT2D eigenvalue weighted by atomic mass is 9.98. The van der Waals surface area contributed by atoms with E-state index in [1.165, 1.54) is 23.5 Å². The summed E-state index contributed by atoms with van der Waals surface area (Å²) in [6.07, 6.45) is 1.29. The van der Waals surface area contributed by atoms with Crippen LogP contribution in [0.25, 0.3) is 0 Å². The van der Waals surface area contributed by atoms with Gasteiger partial charge < -0.3 is 5.11 Å². The molecule has 0 spiro atoms. The lowest BCUT2D eigenvalue weighted by molar-refractivity contribution is -0.142. The Morgan fingerprint density at radius 2 is 2.18 bits per heavy atom. The molecule has 22 heavy (non-hydrogen) atoms. The molecule has 1 aliphatic heterocycles. The number of halogens is 2. The summed E-state index contributed by atoms with van der Waals surface area (Å²) in [7, 11) is 0. The quantitative estimate of drug-likeness (QED) is 0.933. The van der Waals surface area contributed by atoms with E-state index in [1.54, 1.807) is 4.90 Å². The van der Waals surface area contributed by atoms with Crippen LogP contribution in [0.1, 0.15) is 30.0 Å². The summed E-state index contributed by atoms with van der Waals surface area (Å²) in [4.78, 5) is 13.3. The Labute approximate surface area is 130 Å². The van der Waals surface area contributed by atoms with Gasteiger partial charge in [-0.15, -0.1) is 0 Å². The van der Waals surface area contributed by atoms with Crippen molar-refractivity contribution in [3.8, 4) is 0 Å². The average Bonchev–Trinajstić information content (AvgIpc) is 3.13. The molecule has 2 heterocycles. The van der Waals surface area contributed by atoms with Crippen molar-refractivity contribution in [2.45, 2.75) is 24.9 Å². The van der Waals surface area contributed by atoms with Crippen molar-refractivity contribution in [1.82, 2.24) is 4.90 Å². The van der Waals surface area contributed by atoms with Crippen LogP contribution in [-0.2, 0) is 4.79 Å². The van der Waals surface area contributed by atoms with Crippen molar-refractivity contribution in [2.24, 2.45) is 0 Å². The van der Waals surface area contributed by atoms with Gasteiger partial charge in [0.25, 0.3) is 0 Å². The fraction of sp³-hybridized carbons (Fsp3) is 0.312. The normalized spacial score (nSPS) is 20.2. The van der Waals surface area contributed by atoms with Crippen LogP contribution in [0, 0.1) is 11.6 Å². The number of aliphatic carboxylic acids is 1. The summed E-state index contributed by atoms with van der Waals surface area (Å²) in [6.45, 7) is 0.578. The van der Waals surface area contributed by atoms with Gasteiger partial charge in [-0.3, -0.25) is 9.69 Å². The lowest BCUT2D eigenvalue weighted by Gasteiger charge is -2.31. The molecule has 1 fully saturated rings. The third-order valence-corrected chi connectivity index (χ3v) is 4.73. The minimum absolute atomic E-state index is 0.313. The maximum atomic E-state index is 14.3. The molecule has 1 aromatic carbocycles. The fourth-order valence-corrected chi connectivity index (χ4v) is 3.75. The summed E-state index contributed by atoms with van der Waals surface area (Å²) in [5, 5.41) is 13.1. The number of thiophene rings is 1. The Morgan fingerprint density at radius 3 is 2.82 bits per heavy atom. The maximum absolute atomic E-state index is 14.3. The van der Waals surface area contributed by atoms with E-state index in [0.717, 1.165) is 18.1 Å². The first kappa shape index (κ1) is 15.1. The molecular formula is C16H15F2NO2S. The van der Waals surface area contributed by atoms with Crippen LogP contribution in [0.15, 0.2) is 35.0 Å². The second-order valence-corrected chi connectivity index (χ2v) is 6.14. The van der Waals surface area contributed by atoms with E-state index in [-0.39, 0.29) is 0 Å². The number of rotatable bonds is 4. The molecule has 2 unspecified atom stereocenters. The Bertz CT molecular complexity index is 675. The number of carboxylic acids is 1. The zero-order valence-electron chi connectivity index (χ0n) is 11.7. The Hall–Kier alpha value is -1.79. The maximum Gasteiger partial charge on any atom is 0.320 e. The first-order valence-corrected chi connectivity index (χ1v) is 7.98. The molecular weight excluding hydrogens is 308 g/mol. The van der Waals surface area contributed by atoms with E-state index in [4.69, 9.17) is 0 Å². The van der Waals surface area contributed by atoms with Crippen molar-refractivity contribution in [2.75, 3.05) is 6.54 Å². The van der Waals surface area contributed by atoms with Gasteiger partial charge in [0.05, 0.1) is 6.04 Å². The lowest BCUT2D eigenvalue weighted by Crippen LogP contribution is -2.39. The number of hydrogen-bond donors (Lipinski definition) is 1. The van der Waals surface area contributed by atoms with Crippen LogP contribution < -0.4 is 0 Å². The summed E-state index contributed by atoms with van der Waals surface area (Å²) < 4.78 is 27.5. The van der Waals surface area contributed by atoms with Gasteiger partial charge in [0, 0.05) is 18.2 Å². The third-order valence-electron chi connectivity index (χ3n) is 4.03. The summed E-state index contributed by atoms with van der Waals surface area (Å²) in [6, 6.07) is 4.17. The van der Waals surface area contributed by atoms with E-state index < -0.39 is 29.7 Å². The molecule has 6 heteroatoms. The highest BCUT2D eigenvalue weighted by molar-refractivity contribution is 7.08. The van der Waals surface area contributed by atoms with Crippen LogP contribution in [0.2, 0.25) is 0 Å². The van der Waals surface area contributed by atoms with Gasteiger partial charge in [-0.2, -0.15) is 11.3 Å². The minimum atomic E-state index is -0.903. The molecule has 2 aromatic rings. The van der Waals surface area contributed by atoms with E-state index in [9.17, 15) is 18.7 Å². The molecule has 1 saturated heterocycles. The predicted octanol–water partition coefficient (Wildman–Crippen LogP) is 3.66. The molecule has 0 aliphatic carbocycles. The van der Waals surface area contributed by atoms with Crippen molar-refractivity contribution in [1.29, 1.82) is 0 Å². The zero-order valence-corrected chi connectivity index (χ0v) is 12.5. The Kier molecular flexibility index (Phi) is 4.22. The largest absolute Gasteiger partial charge is 0.480 e. The SMILES string of the molecule is O=C(O)C1CCCN1C(c1ccsc1)c1ccc(F)cc1F. The molecule has 3 rings (SSSR count). The highest BCUT2D eigenvalue weighted by Gasteiger charge is 2.37.